The van der Waals surface area contributed by atoms with Crippen LogP contribution in [-0.2, 0) is 0 Å². The van der Waals surface area contributed by atoms with Crippen molar-refractivity contribution in [2.45, 2.75) is 0 Å². The van der Waals surface area contributed by atoms with Crippen LogP contribution >= 0.6 is 14.1 Å². The number of halogens is 1. The second-order valence-corrected chi connectivity index (χ2v) is 5.08. The summed E-state index contributed by atoms with van der Waals surface area (Å²) in [4.78, 5) is 19.8. The molecule has 8 heteroatoms. The molecule has 1 rings (SSSR count). The summed E-state index contributed by atoms with van der Waals surface area (Å²) < 4.78 is 0.148. The van der Waals surface area contributed by atoms with Gasteiger partial charge in [-0.05, 0) is 0 Å². The molecule has 74 valence electrons. The van der Waals surface area contributed by atoms with Gasteiger partial charge in [0, 0.05) is 0 Å². The van der Waals surface area contributed by atoms with Crippen molar-refractivity contribution in [3.05, 3.63) is 38.4 Å². The van der Waals surface area contributed by atoms with Gasteiger partial charge in [-0.1, -0.05) is 0 Å². The maximum atomic E-state index is 10.5. The molecule has 0 unspecified atom stereocenters. The quantitative estimate of drug-likeness (QED) is 0.474. The van der Waals surface area contributed by atoms with Gasteiger partial charge in [0.15, 0.2) is 0 Å². The molecule has 0 saturated carbocycles. The molecule has 0 aromatic heterocycles. The second-order valence-electron chi connectivity index (χ2n) is 2.22. The van der Waals surface area contributed by atoms with E-state index in [0.717, 1.165) is 0 Å². The molecule has 0 spiro atoms. The third-order valence-electron chi connectivity index (χ3n) is 1.44. The molecule has 0 aliphatic heterocycles. The van der Waals surface area contributed by atoms with Crippen LogP contribution in [-0.4, -0.2) is 23.0 Å². The minimum atomic E-state index is -0.620. The second kappa shape index (κ2) is 4.49. The van der Waals surface area contributed by atoms with Crippen molar-refractivity contribution in [1.82, 2.24) is 0 Å². The third kappa shape index (κ3) is 2.09. The average molecular weight is 326 g/mol. The fourth-order valence-corrected chi connectivity index (χ4v) is 3.53. The number of nitro benzene ring substituents is 2. The van der Waals surface area contributed by atoms with Gasteiger partial charge < -0.3 is 0 Å². The first-order valence-electron chi connectivity index (χ1n) is 3.28. The number of hydrogen-bond acceptors (Lipinski definition) is 4. The van der Waals surface area contributed by atoms with Crippen LogP contribution in [0.2, 0.25) is 0 Å². The normalized spacial score (nSPS) is 9.79. The van der Waals surface area contributed by atoms with Crippen molar-refractivity contribution < 1.29 is 9.85 Å². The van der Waals surface area contributed by atoms with Crippen LogP contribution in [0.4, 0.5) is 11.4 Å². The predicted octanol–water partition coefficient (Wildman–Crippen LogP) is 1.14. The van der Waals surface area contributed by atoms with E-state index in [1.54, 1.807) is 0 Å². The number of nitro groups is 2. The topological polar surface area (TPSA) is 86.3 Å². The summed E-state index contributed by atoms with van der Waals surface area (Å²) in [6.07, 6.45) is 0. The molecule has 1 aromatic carbocycles. The van der Waals surface area contributed by atoms with Gasteiger partial charge in [0.2, 0.25) is 0 Å². The van der Waals surface area contributed by atoms with E-state index in [-0.39, 0.29) is 15.8 Å². The Kier molecular flexibility index (Phi) is 3.56. The summed E-state index contributed by atoms with van der Waals surface area (Å²) in [7, 11) is 0. The molecule has 0 aliphatic rings. The molecule has 0 bridgehead atoms. The van der Waals surface area contributed by atoms with E-state index in [2.05, 4.69) is 14.1 Å². The Labute approximate surface area is 91.5 Å². The van der Waals surface area contributed by atoms with Gasteiger partial charge in [-0.15, -0.1) is 0 Å². The fraction of sp³-hybridized carbons (Fsp3) is 0. The standard InChI is InChI=1S/C6H3BrN2O4Se/c7-14-6-4(8(10)11)2-1-3-5(6)9(12)13/h1-3H. The third-order valence-corrected chi connectivity index (χ3v) is 4.33. The monoisotopic (exact) mass is 326 g/mol. The van der Waals surface area contributed by atoms with Crippen molar-refractivity contribution in [3.8, 4) is 0 Å². The molecule has 0 radical (unpaired) electrons. The zero-order chi connectivity index (χ0) is 10.7. The molecule has 0 amide bonds. The van der Waals surface area contributed by atoms with Crippen molar-refractivity contribution in [2.24, 2.45) is 0 Å². The van der Waals surface area contributed by atoms with Crippen LogP contribution in [0.5, 0.6) is 0 Å². The summed E-state index contributed by atoms with van der Waals surface area (Å²) in [6, 6.07) is 3.81. The summed E-state index contributed by atoms with van der Waals surface area (Å²) in [5.41, 5.74) is -0.424. The molecule has 0 saturated heterocycles. The summed E-state index contributed by atoms with van der Waals surface area (Å²) >= 11 is 2.59. The first kappa shape index (κ1) is 11.1. The number of hydrogen-bond donors (Lipinski definition) is 0. The zero-order valence-electron chi connectivity index (χ0n) is 6.55. The number of rotatable bonds is 3. The van der Waals surface area contributed by atoms with Gasteiger partial charge in [-0.2, -0.15) is 0 Å². The van der Waals surface area contributed by atoms with Crippen LogP contribution in [0.1, 0.15) is 0 Å². The molecule has 0 heterocycles. The van der Waals surface area contributed by atoms with Crippen LogP contribution in [0, 0.1) is 20.2 Å². The van der Waals surface area contributed by atoms with Crippen LogP contribution < -0.4 is 4.46 Å². The molecular formula is C6H3BrN2O4Se. The summed E-state index contributed by atoms with van der Waals surface area (Å²) in [5.74, 6) is 0. The molecule has 0 atom stereocenters. The van der Waals surface area contributed by atoms with E-state index in [1.807, 2.05) is 0 Å². The molecule has 14 heavy (non-hydrogen) atoms. The van der Waals surface area contributed by atoms with Crippen LogP contribution in [0.3, 0.4) is 0 Å². The zero-order valence-corrected chi connectivity index (χ0v) is 9.84. The van der Waals surface area contributed by atoms with E-state index in [0.29, 0.717) is 0 Å². The van der Waals surface area contributed by atoms with Gasteiger partial charge in [0.1, 0.15) is 0 Å². The Bertz CT molecular complexity index is 365. The van der Waals surface area contributed by atoms with Gasteiger partial charge in [0.25, 0.3) is 0 Å². The Morgan fingerprint density at radius 2 is 1.57 bits per heavy atom. The van der Waals surface area contributed by atoms with Crippen molar-refractivity contribution in [1.29, 1.82) is 0 Å². The van der Waals surface area contributed by atoms with Gasteiger partial charge >= 0.3 is 91.4 Å². The van der Waals surface area contributed by atoms with Gasteiger partial charge in [-0.3, -0.25) is 0 Å². The molecule has 0 N–H and O–H groups in total. The van der Waals surface area contributed by atoms with E-state index < -0.39 is 23.0 Å². The SMILES string of the molecule is O=[N+]([O-])c1cccc([N+](=O)[O-])c1[Se]Br. The Balaban J connectivity index is 3.39. The van der Waals surface area contributed by atoms with E-state index in [9.17, 15) is 20.2 Å². The van der Waals surface area contributed by atoms with E-state index >= 15 is 0 Å². The molecule has 6 nitrogen and oxygen atoms in total. The van der Waals surface area contributed by atoms with Gasteiger partial charge in [-0.25, -0.2) is 0 Å². The fourth-order valence-electron chi connectivity index (χ4n) is 0.880. The molecule has 0 aliphatic carbocycles. The molecular weight excluding hydrogens is 323 g/mol. The van der Waals surface area contributed by atoms with Crippen molar-refractivity contribution in [2.75, 3.05) is 0 Å². The Morgan fingerprint density at radius 1 is 1.14 bits per heavy atom. The average Bonchev–Trinajstić information content (AvgIpc) is 2.16. The summed E-state index contributed by atoms with van der Waals surface area (Å²) in [6.45, 7) is 0. The first-order chi connectivity index (χ1) is 6.57. The van der Waals surface area contributed by atoms with Crippen LogP contribution in [0.15, 0.2) is 18.2 Å². The van der Waals surface area contributed by atoms with E-state index in [4.69, 9.17) is 0 Å². The maximum absolute atomic E-state index is 10.5. The molecule has 1 aromatic rings. The van der Waals surface area contributed by atoms with Gasteiger partial charge in [0.05, 0.1) is 0 Å². The summed E-state index contributed by atoms with van der Waals surface area (Å²) in [5, 5.41) is 21.1. The predicted molar refractivity (Wildman–Crippen MR) is 54.1 cm³/mol. The Hall–Kier alpha value is -0.981. The van der Waals surface area contributed by atoms with Crippen molar-refractivity contribution >= 4 is 43.1 Å². The minimum absolute atomic E-state index is 0.148. The van der Waals surface area contributed by atoms with Crippen molar-refractivity contribution in [3.63, 3.8) is 0 Å². The number of benzene rings is 1. The van der Waals surface area contributed by atoms with Crippen LogP contribution in [0.25, 0.3) is 0 Å². The Morgan fingerprint density at radius 3 is 1.86 bits per heavy atom. The van der Waals surface area contributed by atoms with E-state index in [1.165, 1.54) is 18.2 Å². The number of nitrogens with zero attached hydrogens (tertiary/aromatic N) is 2. The first-order valence-corrected chi connectivity index (χ1v) is 8.15. The molecule has 0 fully saturated rings.